The summed E-state index contributed by atoms with van der Waals surface area (Å²) < 4.78 is 32.8. The number of fused-ring (bicyclic) bond motifs is 1. The lowest BCUT2D eigenvalue weighted by atomic mass is 9.95. The highest BCUT2D eigenvalue weighted by atomic mass is 32.2. The maximum absolute atomic E-state index is 13.9. The molecule has 1 aliphatic carbocycles. The van der Waals surface area contributed by atoms with Gasteiger partial charge in [-0.2, -0.15) is 5.10 Å². The number of nitrogens with one attached hydrogen (secondary N) is 2. The lowest BCUT2D eigenvalue weighted by Gasteiger charge is -2.29. The van der Waals surface area contributed by atoms with Gasteiger partial charge in [-0.15, -0.1) is 0 Å². The second-order valence-corrected chi connectivity index (χ2v) is 12.0. The molecule has 1 aromatic carbocycles. The van der Waals surface area contributed by atoms with Gasteiger partial charge in [0, 0.05) is 42.5 Å². The lowest BCUT2D eigenvalue weighted by molar-refractivity contribution is 0.264. The van der Waals surface area contributed by atoms with Gasteiger partial charge in [0.2, 0.25) is 16.0 Å². The molecule has 1 fully saturated rings. The first-order chi connectivity index (χ1) is 17.5. The van der Waals surface area contributed by atoms with E-state index < -0.39 is 15.6 Å². The van der Waals surface area contributed by atoms with Gasteiger partial charge in [-0.1, -0.05) is 6.08 Å². The third-order valence-corrected chi connectivity index (χ3v) is 8.85. The van der Waals surface area contributed by atoms with E-state index in [1.807, 2.05) is 20.2 Å². The van der Waals surface area contributed by atoms with Crippen LogP contribution in [0.4, 0.5) is 5.95 Å². The number of anilines is 1. The number of likely N-dealkylation sites (N-methyl/N-ethyl adjacent to an activating group) is 1. The van der Waals surface area contributed by atoms with Crippen molar-refractivity contribution in [3.05, 3.63) is 52.1 Å². The maximum atomic E-state index is 13.9. The summed E-state index contributed by atoms with van der Waals surface area (Å²) in [6, 6.07) is 3.25. The predicted molar refractivity (Wildman–Crippen MR) is 142 cm³/mol. The molecule has 0 amide bonds. The van der Waals surface area contributed by atoms with Gasteiger partial charge >= 0.3 is 0 Å². The molecule has 0 saturated heterocycles. The summed E-state index contributed by atoms with van der Waals surface area (Å²) in [5.74, 6) is 0.228. The Morgan fingerprint density at radius 1 is 1.24 bits per heavy atom. The Morgan fingerprint density at radius 2 is 2.00 bits per heavy atom. The number of hydrogen-bond donors (Lipinski definition) is 2. The molecule has 0 unspecified atom stereocenters. The van der Waals surface area contributed by atoms with Gasteiger partial charge in [0.05, 0.1) is 35.6 Å². The van der Waals surface area contributed by atoms with E-state index in [9.17, 15) is 13.2 Å². The van der Waals surface area contributed by atoms with Crippen LogP contribution in [0, 0.1) is 0 Å². The van der Waals surface area contributed by atoms with E-state index in [4.69, 9.17) is 9.82 Å². The molecule has 1 atom stereocenters. The van der Waals surface area contributed by atoms with Crippen molar-refractivity contribution in [2.75, 3.05) is 26.2 Å². The highest BCUT2D eigenvalue weighted by Gasteiger charge is 2.41. The summed E-state index contributed by atoms with van der Waals surface area (Å²) in [5.41, 5.74) is 4.76. The van der Waals surface area contributed by atoms with E-state index >= 15 is 0 Å². The topological polar surface area (TPSA) is 123 Å². The summed E-state index contributed by atoms with van der Waals surface area (Å²) >= 11 is 0. The molecule has 0 radical (unpaired) electrons. The number of hydrogen-bond acceptors (Lipinski definition) is 8. The van der Waals surface area contributed by atoms with E-state index in [2.05, 4.69) is 33.2 Å². The Balaban J connectivity index is 1.75. The fourth-order valence-corrected chi connectivity index (χ4v) is 6.17. The second-order valence-electron chi connectivity index (χ2n) is 10.4. The van der Waals surface area contributed by atoms with Crippen molar-refractivity contribution in [3.8, 4) is 0 Å². The molecule has 0 spiro atoms. The van der Waals surface area contributed by atoms with Gasteiger partial charge in [-0.25, -0.2) is 23.6 Å². The van der Waals surface area contributed by atoms with Gasteiger partial charge in [-0.3, -0.25) is 23.8 Å². The van der Waals surface area contributed by atoms with Crippen LogP contribution in [0.15, 0.2) is 40.3 Å². The van der Waals surface area contributed by atoms with Gasteiger partial charge in [0.25, 0.3) is 5.56 Å². The smallest absolute Gasteiger partial charge is 0.263 e. The minimum Gasteiger partial charge on any atom is -0.300 e. The summed E-state index contributed by atoms with van der Waals surface area (Å²) in [5, 5.41) is 4.42. The van der Waals surface area contributed by atoms with Crippen LogP contribution >= 0.6 is 0 Å². The lowest BCUT2D eigenvalue weighted by Crippen LogP contribution is -2.34. The minimum atomic E-state index is -3.86. The van der Waals surface area contributed by atoms with Gasteiger partial charge < -0.3 is 0 Å². The van der Waals surface area contributed by atoms with Gasteiger partial charge in [0.15, 0.2) is 0 Å². The van der Waals surface area contributed by atoms with Crippen LogP contribution in [0.3, 0.4) is 0 Å². The Labute approximate surface area is 216 Å². The van der Waals surface area contributed by atoms with Crippen molar-refractivity contribution in [3.63, 3.8) is 0 Å². The molecule has 2 aliphatic rings. The molecule has 2 aromatic heterocycles. The Morgan fingerprint density at radius 3 is 2.62 bits per heavy atom. The van der Waals surface area contributed by atoms with E-state index in [-0.39, 0.29) is 34.4 Å². The molecule has 12 heteroatoms. The zero-order valence-electron chi connectivity index (χ0n) is 21.8. The zero-order chi connectivity index (χ0) is 26.5. The number of rotatable bonds is 8. The van der Waals surface area contributed by atoms with Crippen LogP contribution in [0.5, 0.6) is 0 Å². The van der Waals surface area contributed by atoms with Crippen molar-refractivity contribution < 1.29 is 13.3 Å². The minimum absolute atomic E-state index is 0.0647. The SMILES string of the molecule is CONc1nc2c(C3=C[C@@H](C)N(C)CC3)cc(S(=O)(=O)NC3(C)CC3)cc2c(=O)n1Cc1cnn(C)c1. The fourth-order valence-electron chi connectivity index (χ4n) is 4.65. The molecule has 11 nitrogen and oxygen atoms in total. The molecular weight excluding hydrogens is 494 g/mol. The molecule has 37 heavy (non-hydrogen) atoms. The summed E-state index contributed by atoms with van der Waals surface area (Å²) in [4.78, 5) is 26.1. The Hall–Kier alpha value is -3.06. The molecule has 3 aromatic rings. The van der Waals surface area contributed by atoms with Gasteiger partial charge in [0.1, 0.15) is 0 Å². The first kappa shape index (κ1) is 25.6. The molecule has 1 saturated carbocycles. The van der Waals surface area contributed by atoms with Crippen molar-refractivity contribution in [1.29, 1.82) is 0 Å². The Kier molecular flexibility index (Phi) is 6.47. The average Bonchev–Trinajstić information content (AvgIpc) is 3.41. The average molecular weight is 528 g/mol. The first-order valence-corrected chi connectivity index (χ1v) is 13.8. The van der Waals surface area contributed by atoms with E-state index in [0.29, 0.717) is 17.5 Å². The molecule has 2 N–H and O–H groups in total. The van der Waals surface area contributed by atoms with Crippen molar-refractivity contribution in [2.24, 2.45) is 7.05 Å². The second kappa shape index (κ2) is 9.35. The van der Waals surface area contributed by atoms with E-state index in [0.717, 1.165) is 30.5 Å². The Bertz CT molecular complexity index is 1550. The number of aryl methyl sites for hydroxylation is 1. The summed E-state index contributed by atoms with van der Waals surface area (Å²) in [7, 11) is 1.44. The van der Waals surface area contributed by atoms with Crippen LogP contribution < -0.4 is 15.8 Å². The summed E-state index contributed by atoms with van der Waals surface area (Å²) in [6.07, 6.45) is 7.87. The van der Waals surface area contributed by atoms with E-state index in [1.54, 1.807) is 24.0 Å². The predicted octanol–water partition coefficient (Wildman–Crippen LogP) is 2.09. The van der Waals surface area contributed by atoms with Crippen molar-refractivity contribution in [1.82, 2.24) is 29.0 Å². The third kappa shape index (κ3) is 5.06. The zero-order valence-corrected chi connectivity index (χ0v) is 22.6. The quantitative estimate of drug-likeness (QED) is 0.427. The summed E-state index contributed by atoms with van der Waals surface area (Å²) in [6.45, 7) is 4.97. The highest BCUT2D eigenvalue weighted by molar-refractivity contribution is 7.89. The molecule has 5 rings (SSSR count). The molecule has 0 bridgehead atoms. The standard InChI is InChI=1S/C25H33N7O4S/c1-16-10-18(6-9-30(16)3)20-11-19(37(34,35)29-25(2)7-8-25)12-21-22(20)27-24(28-36-5)32(23(21)33)15-17-13-26-31(4)14-17/h10-14,16,29H,6-9,15H2,1-5H3,(H,27,28)/t16-/m1/s1. The molecule has 3 heterocycles. The van der Waals surface area contributed by atoms with Crippen LogP contribution in [-0.4, -0.2) is 64.9 Å². The maximum Gasteiger partial charge on any atom is 0.263 e. The van der Waals surface area contributed by atoms with E-state index in [1.165, 1.54) is 17.7 Å². The first-order valence-electron chi connectivity index (χ1n) is 12.3. The number of nitrogens with zero attached hydrogens (tertiary/aromatic N) is 5. The molecule has 198 valence electrons. The van der Waals surface area contributed by atoms with Crippen molar-refractivity contribution in [2.45, 2.75) is 56.1 Å². The number of aromatic nitrogens is 4. The van der Waals surface area contributed by atoms with Crippen molar-refractivity contribution >= 4 is 32.4 Å². The largest absolute Gasteiger partial charge is 0.300 e. The van der Waals surface area contributed by atoms with Crippen LogP contribution in [0.2, 0.25) is 0 Å². The molecule has 1 aliphatic heterocycles. The molecular formula is C25H33N7O4S. The normalized spacial score (nSPS) is 19.7. The number of sulfonamides is 1. The van der Waals surface area contributed by atoms with Crippen LogP contribution in [-0.2, 0) is 28.5 Å². The monoisotopic (exact) mass is 527 g/mol. The number of benzene rings is 1. The van der Waals surface area contributed by atoms with Gasteiger partial charge in [-0.05, 0) is 57.9 Å². The van der Waals surface area contributed by atoms with Crippen LogP contribution in [0.25, 0.3) is 16.5 Å². The fraction of sp³-hybridized carbons (Fsp3) is 0.480. The highest BCUT2D eigenvalue weighted by Crippen LogP contribution is 2.37. The third-order valence-electron chi connectivity index (χ3n) is 7.23. The van der Waals surface area contributed by atoms with Crippen LogP contribution in [0.1, 0.15) is 44.2 Å².